The molecule has 0 aliphatic carbocycles. The maximum atomic E-state index is 13.0. The predicted molar refractivity (Wildman–Crippen MR) is 107 cm³/mol. The number of nitrogens with zero attached hydrogens (tertiary/aromatic N) is 2. The summed E-state index contributed by atoms with van der Waals surface area (Å²) in [6, 6.07) is 14.3. The predicted octanol–water partition coefficient (Wildman–Crippen LogP) is 3.10. The second-order valence-electron chi connectivity index (χ2n) is 6.58. The Morgan fingerprint density at radius 2 is 1.87 bits per heavy atom. The molecule has 3 rings (SSSR count). The Morgan fingerprint density at radius 3 is 2.57 bits per heavy atom. The van der Waals surface area contributed by atoms with Crippen molar-refractivity contribution < 1.29 is 23.2 Å². The first-order valence-electron chi connectivity index (χ1n) is 9.63. The average molecular weight is 411 g/mol. The van der Waals surface area contributed by atoms with E-state index in [-0.39, 0.29) is 37.1 Å². The summed E-state index contributed by atoms with van der Waals surface area (Å²) in [4.78, 5) is 28.8. The number of carbonyl (C=O) groups excluding carboxylic acids is 2. The van der Waals surface area contributed by atoms with E-state index in [1.54, 1.807) is 19.1 Å². The smallest absolute Gasteiger partial charge is 0.328 e. The average Bonchev–Trinajstić information content (AvgIpc) is 3.22. The quantitative estimate of drug-likeness (QED) is 0.544. The van der Waals surface area contributed by atoms with Gasteiger partial charge >= 0.3 is 5.97 Å². The molecule has 1 heterocycles. The molecular formula is C22H22FN3O4. The molecule has 0 bridgehead atoms. The van der Waals surface area contributed by atoms with Crippen LogP contribution < -0.4 is 5.32 Å². The van der Waals surface area contributed by atoms with Crippen molar-refractivity contribution in [2.75, 3.05) is 6.61 Å². The number of nitrogens with one attached hydrogen (secondary N) is 1. The number of carbonyl (C=O) groups is 2. The molecule has 7 nitrogen and oxygen atoms in total. The van der Waals surface area contributed by atoms with Crippen LogP contribution >= 0.6 is 0 Å². The minimum atomic E-state index is -0.780. The standard InChI is InChI=1S/C22H22FN3O4/c1-2-29-22(28)18(14-15-6-4-3-5-7-15)24-19(27)12-13-20-25-21(26-30-20)16-8-10-17(23)11-9-16/h3-11,18H,2,12-14H2,1H3,(H,24,27). The van der Waals surface area contributed by atoms with E-state index in [4.69, 9.17) is 9.26 Å². The van der Waals surface area contributed by atoms with Gasteiger partial charge in [0.2, 0.25) is 17.6 Å². The largest absolute Gasteiger partial charge is 0.464 e. The number of benzene rings is 2. The lowest BCUT2D eigenvalue weighted by Crippen LogP contribution is -2.43. The van der Waals surface area contributed by atoms with Crippen LogP contribution in [0.25, 0.3) is 11.4 Å². The van der Waals surface area contributed by atoms with Gasteiger partial charge < -0.3 is 14.6 Å². The molecule has 1 aromatic heterocycles. The van der Waals surface area contributed by atoms with Gasteiger partial charge in [0.05, 0.1) is 6.61 Å². The molecule has 0 aliphatic heterocycles. The molecule has 156 valence electrons. The molecule has 1 atom stereocenters. The van der Waals surface area contributed by atoms with Crippen LogP contribution in [-0.4, -0.2) is 34.7 Å². The van der Waals surface area contributed by atoms with Crippen LogP contribution in [-0.2, 0) is 27.2 Å². The number of aryl methyl sites for hydroxylation is 1. The first-order valence-corrected chi connectivity index (χ1v) is 9.63. The minimum absolute atomic E-state index is 0.0652. The number of amides is 1. The summed E-state index contributed by atoms with van der Waals surface area (Å²) in [6.07, 6.45) is 0.608. The van der Waals surface area contributed by atoms with E-state index in [0.717, 1.165) is 5.56 Å². The molecule has 0 spiro atoms. The lowest BCUT2D eigenvalue weighted by molar-refractivity contribution is -0.147. The fraction of sp³-hybridized carbons (Fsp3) is 0.273. The van der Waals surface area contributed by atoms with Gasteiger partial charge in [0.1, 0.15) is 11.9 Å². The third-order valence-electron chi connectivity index (χ3n) is 4.33. The van der Waals surface area contributed by atoms with E-state index >= 15 is 0 Å². The molecule has 1 unspecified atom stereocenters. The van der Waals surface area contributed by atoms with Crippen molar-refractivity contribution in [1.29, 1.82) is 0 Å². The summed E-state index contributed by atoms with van der Waals surface area (Å²) in [5.41, 5.74) is 1.53. The van der Waals surface area contributed by atoms with Crippen molar-refractivity contribution in [1.82, 2.24) is 15.5 Å². The van der Waals surface area contributed by atoms with Crippen LogP contribution in [0.1, 0.15) is 24.8 Å². The second-order valence-corrected chi connectivity index (χ2v) is 6.58. The lowest BCUT2D eigenvalue weighted by Gasteiger charge is -2.17. The molecule has 30 heavy (non-hydrogen) atoms. The van der Waals surface area contributed by atoms with Crippen LogP contribution in [0.5, 0.6) is 0 Å². The van der Waals surface area contributed by atoms with E-state index in [1.165, 1.54) is 12.1 Å². The highest BCUT2D eigenvalue weighted by Crippen LogP contribution is 2.16. The summed E-state index contributed by atoms with van der Waals surface area (Å²) >= 11 is 0. The molecule has 2 aromatic carbocycles. The number of hydrogen-bond acceptors (Lipinski definition) is 6. The van der Waals surface area contributed by atoms with Crippen molar-refractivity contribution in [3.63, 3.8) is 0 Å². The van der Waals surface area contributed by atoms with Crippen LogP contribution in [0.2, 0.25) is 0 Å². The third-order valence-corrected chi connectivity index (χ3v) is 4.33. The van der Waals surface area contributed by atoms with Gasteiger partial charge in [-0.05, 0) is 36.8 Å². The van der Waals surface area contributed by atoms with Gasteiger partial charge in [0, 0.05) is 24.8 Å². The van der Waals surface area contributed by atoms with Crippen molar-refractivity contribution >= 4 is 11.9 Å². The number of aromatic nitrogens is 2. The molecule has 1 amide bonds. The zero-order valence-corrected chi connectivity index (χ0v) is 16.5. The van der Waals surface area contributed by atoms with E-state index in [1.807, 2.05) is 30.3 Å². The molecular weight excluding hydrogens is 389 g/mol. The molecule has 0 saturated carbocycles. The number of hydrogen-bond donors (Lipinski definition) is 1. The van der Waals surface area contributed by atoms with Crippen molar-refractivity contribution in [2.24, 2.45) is 0 Å². The second kappa shape index (κ2) is 10.3. The maximum absolute atomic E-state index is 13.0. The normalized spacial score (nSPS) is 11.7. The Labute approximate surface area is 173 Å². The minimum Gasteiger partial charge on any atom is -0.464 e. The Morgan fingerprint density at radius 1 is 1.13 bits per heavy atom. The third kappa shape index (κ3) is 5.97. The van der Waals surface area contributed by atoms with Crippen LogP contribution in [0, 0.1) is 5.82 Å². The van der Waals surface area contributed by atoms with Gasteiger partial charge in [-0.15, -0.1) is 0 Å². The summed E-state index contributed by atoms with van der Waals surface area (Å²) in [6.45, 7) is 1.95. The maximum Gasteiger partial charge on any atom is 0.328 e. The molecule has 8 heteroatoms. The highest BCUT2D eigenvalue weighted by atomic mass is 19.1. The summed E-state index contributed by atoms with van der Waals surface area (Å²) in [5.74, 6) is -0.568. The van der Waals surface area contributed by atoms with Crippen molar-refractivity contribution in [3.8, 4) is 11.4 Å². The van der Waals surface area contributed by atoms with E-state index in [2.05, 4.69) is 15.5 Å². The van der Waals surface area contributed by atoms with Gasteiger partial charge in [0.15, 0.2) is 0 Å². The zero-order chi connectivity index (χ0) is 21.3. The van der Waals surface area contributed by atoms with E-state index < -0.39 is 12.0 Å². The lowest BCUT2D eigenvalue weighted by atomic mass is 10.1. The van der Waals surface area contributed by atoms with Gasteiger partial charge in [-0.2, -0.15) is 4.98 Å². The number of ether oxygens (including phenoxy) is 1. The Kier molecular flexibility index (Phi) is 7.26. The van der Waals surface area contributed by atoms with Crippen molar-refractivity contribution in [3.05, 3.63) is 71.9 Å². The molecule has 0 saturated heterocycles. The number of esters is 1. The van der Waals surface area contributed by atoms with Gasteiger partial charge in [0.25, 0.3) is 0 Å². The van der Waals surface area contributed by atoms with E-state index in [0.29, 0.717) is 17.8 Å². The van der Waals surface area contributed by atoms with Gasteiger partial charge in [-0.25, -0.2) is 9.18 Å². The Bertz CT molecular complexity index is 974. The highest BCUT2D eigenvalue weighted by Gasteiger charge is 2.22. The monoisotopic (exact) mass is 411 g/mol. The molecule has 3 aromatic rings. The molecule has 0 aliphatic rings. The fourth-order valence-corrected chi connectivity index (χ4v) is 2.85. The fourth-order valence-electron chi connectivity index (χ4n) is 2.85. The zero-order valence-electron chi connectivity index (χ0n) is 16.5. The van der Waals surface area contributed by atoms with Gasteiger partial charge in [-0.3, -0.25) is 4.79 Å². The number of halogens is 1. The molecule has 1 N–H and O–H groups in total. The Balaban J connectivity index is 1.57. The van der Waals surface area contributed by atoms with Crippen LogP contribution in [0.3, 0.4) is 0 Å². The molecule has 0 radical (unpaired) electrons. The first kappa shape index (κ1) is 21.2. The first-order chi connectivity index (χ1) is 14.5. The number of rotatable bonds is 9. The summed E-state index contributed by atoms with van der Waals surface area (Å²) in [5, 5.41) is 6.57. The summed E-state index contributed by atoms with van der Waals surface area (Å²) < 4.78 is 23.3. The van der Waals surface area contributed by atoms with Crippen LogP contribution in [0.15, 0.2) is 59.1 Å². The highest BCUT2D eigenvalue weighted by molar-refractivity contribution is 5.84. The van der Waals surface area contributed by atoms with Crippen LogP contribution in [0.4, 0.5) is 4.39 Å². The molecule has 0 fully saturated rings. The SMILES string of the molecule is CCOC(=O)C(Cc1ccccc1)NC(=O)CCc1nc(-c2ccc(F)cc2)no1. The topological polar surface area (TPSA) is 94.3 Å². The summed E-state index contributed by atoms with van der Waals surface area (Å²) in [7, 11) is 0. The Hall–Kier alpha value is -3.55. The van der Waals surface area contributed by atoms with Crippen molar-refractivity contribution in [2.45, 2.75) is 32.2 Å². The van der Waals surface area contributed by atoms with Gasteiger partial charge in [-0.1, -0.05) is 35.5 Å². The van der Waals surface area contributed by atoms with E-state index in [9.17, 15) is 14.0 Å².